The highest BCUT2D eigenvalue weighted by Crippen LogP contribution is 2.27. The molecular weight excluding hydrogens is 519 g/mol. The van der Waals surface area contributed by atoms with Crippen molar-refractivity contribution in [1.82, 2.24) is 5.32 Å². The molecule has 0 heterocycles. The van der Waals surface area contributed by atoms with Gasteiger partial charge in [-0.2, -0.15) is 0 Å². The van der Waals surface area contributed by atoms with Crippen molar-refractivity contribution in [2.75, 3.05) is 18.4 Å². The Morgan fingerprint density at radius 1 is 1.11 bits per heavy atom. The van der Waals surface area contributed by atoms with Gasteiger partial charge >= 0.3 is 0 Å². The molecule has 4 N–H and O–H groups in total. The molecule has 0 aliphatic heterocycles. The number of amides is 1. The fraction of sp³-hybridized carbons (Fsp3) is 0.300. The molecule has 5 nitrogen and oxygen atoms in total. The number of aryl methyl sites for hydroxylation is 1. The molecule has 1 aliphatic rings. The summed E-state index contributed by atoms with van der Waals surface area (Å²) >= 11 is 3.35. The molecule has 0 spiro atoms. The highest BCUT2D eigenvalue weighted by Gasteiger charge is 2.13. The topological polar surface area (TPSA) is 79.5 Å². The quantitative estimate of drug-likeness (QED) is 0.230. The summed E-state index contributed by atoms with van der Waals surface area (Å²) in [6.07, 6.45) is 4.67. The zero-order valence-corrected chi connectivity index (χ0v) is 18.9. The predicted octanol–water partition coefficient (Wildman–Crippen LogP) is 4.10. The summed E-state index contributed by atoms with van der Waals surface area (Å²) in [4.78, 5) is 16.3. The van der Waals surface area contributed by atoms with E-state index in [1.54, 1.807) is 12.1 Å². The molecule has 0 aromatic heterocycles. The fourth-order valence-corrected chi connectivity index (χ4v) is 3.39. The minimum atomic E-state index is -0.114. The second kappa shape index (κ2) is 10.7. The van der Waals surface area contributed by atoms with Gasteiger partial charge in [-0.3, -0.25) is 9.79 Å². The van der Waals surface area contributed by atoms with E-state index in [4.69, 9.17) is 5.73 Å². The molecule has 0 saturated heterocycles. The van der Waals surface area contributed by atoms with Crippen molar-refractivity contribution < 1.29 is 4.79 Å². The average Bonchev–Trinajstić information content (AvgIpc) is 2.66. The number of nitrogens with zero attached hydrogens (tertiary/aromatic N) is 1. The highest BCUT2D eigenvalue weighted by atomic mass is 127. The van der Waals surface area contributed by atoms with Crippen LogP contribution < -0.4 is 16.4 Å². The van der Waals surface area contributed by atoms with Gasteiger partial charge in [0, 0.05) is 22.3 Å². The Morgan fingerprint density at radius 3 is 2.63 bits per heavy atom. The van der Waals surface area contributed by atoms with Gasteiger partial charge in [-0.05, 0) is 67.1 Å². The number of benzene rings is 2. The van der Waals surface area contributed by atoms with Crippen molar-refractivity contribution in [3.05, 3.63) is 63.6 Å². The van der Waals surface area contributed by atoms with Crippen LogP contribution in [0.5, 0.6) is 0 Å². The summed E-state index contributed by atoms with van der Waals surface area (Å²) in [5.41, 5.74) is 10.4. The Morgan fingerprint density at radius 2 is 1.85 bits per heavy atom. The van der Waals surface area contributed by atoms with Crippen molar-refractivity contribution in [3.8, 4) is 0 Å². The normalized spacial score (nSPS) is 13.3. The van der Waals surface area contributed by atoms with Crippen molar-refractivity contribution >= 4 is 57.5 Å². The maximum atomic E-state index is 12.0. The van der Waals surface area contributed by atoms with E-state index in [2.05, 4.69) is 43.7 Å². The number of hydrogen-bond donors (Lipinski definition) is 3. The number of halogens is 2. The van der Waals surface area contributed by atoms with Gasteiger partial charge in [-0.15, -0.1) is 24.0 Å². The molecule has 0 atom stereocenters. The van der Waals surface area contributed by atoms with E-state index in [1.807, 2.05) is 18.2 Å². The zero-order valence-electron chi connectivity index (χ0n) is 15.0. The lowest BCUT2D eigenvalue weighted by atomic mass is 9.90. The number of guanidine groups is 1. The minimum Gasteiger partial charge on any atom is -0.370 e. The molecule has 1 aliphatic carbocycles. The second-order valence-electron chi connectivity index (χ2n) is 6.31. The third-order valence-electron chi connectivity index (χ3n) is 4.44. The largest absolute Gasteiger partial charge is 0.370 e. The minimum absolute atomic E-state index is 0. The van der Waals surface area contributed by atoms with Gasteiger partial charge in [-0.25, -0.2) is 0 Å². The van der Waals surface area contributed by atoms with Crippen LogP contribution in [0.2, 0.25) is 0 Å². The summed E-state index contributed by atoms with van der Waals surface area (Å²) in [6, 6.07) is 13.5. The Kier molecular flexibility index (Phi) is 8.56. The molecule has 3 rings (SSSR count). The number of carbonyl (C=O) groups excluding carboxylic acids is 1. The van der Waals surface area contributed by atoms with Crippen molar-refractivity contribution in [3.63, 3.8) is 0 Å². The van der Waals surface area contributed by atoms with Crippen LogP contribution in [0.4, 0.5) is 5.69 Å². The summed E-state index contributed by atoms with van der Waals surface area (Å²) in [6.45, 7) is 0.861. The maximum Gasteiger partial charge on any atom is 0.251 e. The smallest absolute Gasteiger partial charge is 0.251 e. The van der Waals surface area contributed by atoms with E-state index >= 15 is 0 Å². The number of anilines is 1. The van der Waals surface area contributed by atoms with E-state index in [-0.39, 0.29) is 29.9 Å². The van der Waals surface area contributed by atoms with E-state index in [1.165, 1.54) is 24.0 Å². The number of carbonyl (C=O) groups is 1. The van der Waals surface area contributed by atoms with Crippen LogP contribution in [-0.2, 0) is 12.8 Å². The first kappa shape index (κ1) is 21.7. The molecule has 144 valence electrons. The van der Waals surface area contributed by atoms with Crippen molar-refractivity contribution in [2.24, 2.45) is 10.7 Å². The second-order valence-corrected chi connectivity index (χ2v) is 7.22. The lowest BCUT2D eigenvalue weighted by molar-refractivity contribution is 0.0955. The van der Waals surface area contributed by atoms with Crippen LogP contribution in [0, 0.1) is 0 Å². The van der Waals surface area contributed by atoms with Crippen LogP contribution in [0.25, 0.3) is 0 Å². The third kappa shape index (κ3) is 6.21. The standard InChI is InChI=1S/C20H23BrN4O.HI/c21-16-10-8-15(9-11-16)19(26)23-12-13-24-20(22)25-18-7-3-5-14-4-1-2-6-17(14)18;/h3,5,7-11H,1-2,4,6,12-13H2,(H,23,26)(H3,22,24,25);1H. The summed E-state index contributed by atoms with van der Waals surface area (Å²) in [7, 11) is 0. The Balaban J connectivity index is 0.00000261. The molecular formula is C20H24BrIN4O. The fourth-order valence-electron chi connectivity index (χ4n) is 3.13. The Labute approximate surface area is 185 Å². The zero-order chi connectivity index (χ0) is 18.4. The first-order valence-electron chi connectivity index (χ1n) is 8.85. The average molecular weight is 543 g/mol. The predicted molar refractivity (Wildman–Crippen MR) is 125 cm³/mol. The van der Waals surface area contributed by atoms with Crippen LogP contribution in [0.1, 0.15) is 34.3 Å². The Hall–Kier alpha value is -1.61. The molecule has 1 amide bonds. The van der Waals surface area contributed by atoms with Crippen molar-refractivity contribution in [2.45, 2.75) is 25.7 Å². The third-order valence-corrected chi connectivity index (χ3v) is 4.97. The molecule has 0 unspecified atom stereocenters. The number of fused-ring (bicyclic) bond motifs is 1. The Bertz CT molecular complexity index is 808. The summed E-state index contributed by atoms with van der Waals surface area (Å²) in [5.74, 6) is 0.262. The molecule has 0 fully saturated rings. The molecule has 0 bridgehead atoms. The summed E-state index contributed by atoms with van der Waals surface area (Å²) < 4.78 is 0.945. The van der Waals surface area contributed by atoms with Crippen LogP contribution in [0.15, 0.2) is 51.9 Å². The van der Waals surface area contributed by atoms with Gasteiger partial charge in [0.15, 0.2) is 5.96 Å². The van der Waals surface area contributed by atoms with Crippen LogP contribution in [-0.4, -0.2) is 25.0 Å². The van der Waals surface area contributed by atoms with Gasteiger partial charge in [0.05, 0.1) is 6.54 Å². The monoisotopic (exact) mass is 542 g/mol. The van der Waals surface area contributed by atoms with Gasteiger partial charge < -0.3 is 16.4 Å². The molecule has 0 saturated carbocycles. The van der Waals surface area contributed by atoms with E-state index in [0.717, 1.165) is 23.0 Å². The molecule has 0 radical (unpaired) electrons. The van der Waals surface area contributed by atoms with Crippen molar-refractivity contribution in [1.29, 1.82) is 0 Å². The summed E-state index contributed by atoms with van der Waals surface area (Å²) in [5, 5.41) is 6.05. The highest BCUT2D eigenvalue weighted by molar-refractivity contribution is 14.0. The van der Waals surface area contributed by atoms with E-state index in [9.17, 15) is 4.79 Å². The number of nitrogens with one attached hydrogen (secondary N) is 2. The first-order chi connectivity index (χ1) is 12.6. The molecule has 27 heavy (non-hydrogen) atoms. The number of hydrogen-bond acceptors (Lipinski definition) is 2. The van der Waals surface area contributed by atoms with Gasteiger partial charge in [0.2, 0.25) is 0 Å². The number of aliphatic imine (C=N–C) groups is 1. The van der Waals surface area contributed by atoms with Gasteiger partial charge in [-0.1, -0.05) is 28.1 Å². The van der Waals surface area contributed by atoms with E-state index < -0.39 is 0 Å². The van der Waals surface area contributed by atoms with Gasteiger partial charge in [0.25, 0.3) is 5.91 Å². The number of nitrogens with two attached hydrogens (primary N) is 1. The molecule has 2 aromatic carbocycles. The maximum absolute atomic E-state index is 12.0. The van der Waals surface area contributed by atoms with E-state index in [0.29, 0.717) is 24.6 Å². The van der Waals surface area contributed by atoms with Crippen LogP contribution >= 0.6 is 39.9 Å². The number of rotatable bonds is 5. The van der Waals surface area contributed by atoms with Gasteiger partial charge in [0.1, 0.15) is 0 Å². The SMILES string of the molecule is I.NC(=NCCNC(=O)c1ccc(Br)cc1)Nc1cccc2c1CCCC2. The lowest BCUT2D eigenvalue weighted by Gasteiger charge is -2.19. The molecule has 2 aromatic rings. The lowest BCUT2D eigenvalue weighted by Crippen LogP contribution is -2.28. The van der Waals surface area contributed by atoms with Crippen LogP contribution in [0.3, 0.4) is 0 Å². The molecule has 7 heteroatoms. The first-order valence-corrected chi connectivity index (χ1v) is 9.64.